The molecule has 1 aliphatic carbocycles. The maximum absolute atomic E-state index is 11.4. The number of amides is 2. The Morgan fingerprint density at radius 1 is 1.36 bits per heavy atom. The molecule has 0 unspecified atom stereocenters. The van der Waals surface area contributed by atoms with Gasteiger partial charge in [0.1, 0.15) is 0 Å². The van der Waals surface area contributed by atoms with Crippen molar-refractivity contribution >= 4 is 6.03 Å². The lowest BCUT2D eigenvalue weighted by molar-refractivity contribution is 0.234. The largest absolute Gasteiger partial charge is 0.331 e. The van der Waals surface area contributed by atoms with Crippen molar-refractivity contribution < 1.29 is 4.79 Å². The molecule has 2 aliphatic rings. The van der Waals surface area contributed by atoms with Gasteiger partial charge in [0, 0.05) is 5.70 Å². The number of fused-ring (bicyclic) bond motifs is 1. The van der Waals surface area contributed by atoms with E-state index in [1.54, 1.807) is 0 Å². The molecule has 3 nitrogen and oxygen atoms in total. The summed E-state index contributed by atoms with van der Waals surface area (Å²) in [5.41, 5.74) is 2.60. The van der Waals surface area contributed by atoms with Crippen LogP contribution in [0.3, 0.4) is 0 Å². The molecule has 0 bridgehead atoms. The number of nitrogens with one attached hydrogen (secondary N) is 2. The quantitative estimate of drug-likeness (QED) is 0.659. The van der Waals surface area contributed by atoms with Crippen LogP contribution in [0, 0.1) is 5.92 Å². The van der Waals surface area contributed by atoms with Crippen LogP contribution >= 0.6 is 0 Å². The van der Waals surface area contributed by atoms with E-state index in [1.807, 2.05) is 0 Å². The van der Waals surface area contributed by atoms with Crippen LogP contribution < -0.4 is 10.6 Å². The summed E-state index contributed by atoms with van der Waals surface area (Å²) in [6.45, 7) is 4.28. The Morgan fingerprint density at radius 2 is 2.14 bits per heavy atom. The molecule has 78 valence electrons. The smallest absolute Gasteiger partial charge is 0.319 e. The van der Waals surface area contributed by atoms with Crippen molar-refractivity contribution in [1.82, 2.24) is 10.6 Å². The van der Waals surface area contributed by atoms with Gasteiger partial charge in [0.2, 0.25) is 0 Å². The first-order valence-corrected chi connectivity index (χ1v) is 5.49. The zero-order valence-corrected chi connectivity index (χ0v) is 8.89. The van der Waals surface area contributed by atoms with Crippen LogP contribution in [0.15, 0.2) is 11.3 Å². The SMILES string of the molecule is CC(C)C1=C2CCCC[C@H]2NC(=O)N1. The molecule has 1 heterocycles. The standard InChI is InChI=1S/C11H18N2O/c1-7(2)10-8-5-3-4-6-9(8)12-11(14)13-10/h7,9H,3-6H2,1-2H3,(H2,12,13,14)/t9-/m1/s1. The van der Waals surface area contributed by atoms with Crippen LogP contribution in [-0.4, -0.2) is 12.1 Å². The van der Waals surface area contributed by atoms with Crippen LogP contribution in [-0.2, 0) is 0 Å². The van der Waals surface area contributed by atoms with Crippen LogP contribution in [0.1, 0.15) is 39.5 Å². The van der Waals surface area contributed by atoms with Gasteiger partial charge in [-0.05, 0) is 30.8 Å². The van der Waals surface area contributed by atoms with E-state index in [9.17, 15) is 4.79 Å². The third-order valence-corrected chi connectivity index (χ3v) is 3.09. The molecule has 1 saturated carbocycles. The normalized spacial score (nSPS) is 27.1. The summed E-state index contributed by atoms with van der Waals surface area (Å²) in [5, 5.41) is 5.94. The van der Waals surface area contributed by atoms with Crippen molar-refractivity contribution in [3.63, 3.8) is 0 Å². The van der Waals surface area contributed by atoms with Gasteiger partial charge in [0.05, 0.1) is 6.04 Å². The Labute approximate surface area is 84.9 Å². The van der Waals surface area contributed by atoms with Crippen LogP contribution in [0.25, 0.3) is 0 Å². The second-order valence-electron chi connectivity index (χ2n) is 4.49. The van der Waals surface area contributed by atoms with E-state index in [1.165, 1.54) is 24.1 Å². The van der Waals surface area contributed by atoms with E-state index < -0.39 is 0 Å². The first-order chi connectivity index (χ1) is 6.68. The summed E-state index contributed by atoms with van der Waals surface area (Å²) in [7, 11) is 0. The number of carbonyl (C=O) groups is 1. The van der Waals surface area contributed by atoms with E-state index in [-0.39, 0.29) is 6.03 Å². The van der Waals surface area contributed by atoms with Gasteiger partial charge in [-0.15, -0.1) is 0 Å². The van der Waals surface area contributed by atoms with Gasteiger partial charge < -0.3 is 10.6 Å². The Hall–Kier alpha value is -0.990. The van der Waals surface area contributed by atoms with Gasteiger partial charge in [0.15, 0.2) is 0 Å². The molecule has 1 aliphatic heterocycles. The van der Waals surface area contributed by atoms with E-state index >= 15 is 0 Å². The first-order valence-electron chi connectivity index (χ1n) is 5.49. The van der Waals surface area contributed by atoms with E-state index in [4.69, 9.17) is 0 Å². The molecule has 2 amide bonds. The van der Waals surface area contributed by atoms with Gasteiger partial charge in [-0.2, -0.15) is 0 Å². The van der Waals surface area contributed by atoms with Crippen molar-refractivity contribution in [2.24, 2.45) is 5.92 Å². The minimum Gasteiger partial charge on any atom is -0.331 e. The molecule has 2 N–H and O–H groups in total. The third-order valence-electron chi connectivity index (χ3n) is 3.09. The Kier molecular flexibility index (Phi) is 2.48. The molecule has 0 saturated heterocycles. The van der Waals surface area contributed by atoms with Crippen LogP contribution in [0.2, 0.25) is 0 Å². The number of hydrogen-bond acceptors (Lipinski definition) is 1. The highest BCUT2D eigenvalue weighted by Crippen LogP contribution is 2.30. The molecule has 1 fully saturated rings. The fourth-order valence-electron chi connectivity index (χ4n) is 2.41. The molecule has 0 aromatic heterocycles. The van der Waals surface area contributed by atoms with Gasteiger partial charge >= 0.3 is 6.03 Å². The molecule has 2 rings (SSSR count). The molecule has 0 radical (unpaired) electrons. The summed E-state index contributed by atoms with van der Waals surface area (Å²) < 4.78 is 0. The number of carbonyl (C=O) groups excluding carboxylic acids is 1. The van der Waals surface area contributed by atoms with Crippen LogP contribution in [0.4, 0.5) is 4.79 Å². The van der Waals surface area contributed by atoms with Crippen molar-refractivity contribution in [2.75, 3.05) is 0 Å². The average Bonchev–Trinajstić information content (AvgIpc) is 2.16. The number of rotatable bonds is 1. The first kappa shape index (κ1) is 9.56. The molecule has 1 atom stereocenters. The van der Waals surface area contributed by atoms with Crippen molar-refractivity contribution in [1.29, 1.82) is 0 Å². The zero-order valence-electron chi connectivity index (χ0n) is 8.89. The van der Waals surface area contributed by atoms with Crippen molar-refractivity contribution in [3.05, 3.63) is 11.3 Å². The Bertz CT molecular complexity index is 281. The molecular weight excluding hydrogens is 176 g/mol. The highest BCUT2D eigenvalue weighted by atomic mass is 16.2. The van der Waals surface area contributed by atoms with Crippen molar-refractivity contribution in [2.45, 2.75) is 45.6 Å². The molecule has 3 heteroatoms. The Morgan fingerprint density at radius 3 is 2.86 bits per heavy atom. The van der Waals surface area contributed by atoms with Crippen LogP contribution in [0.5, 0.6) is 0 Å². The van der Waals surface area contributed by atoms with E-state index in [0.717, 1.165) is 12.8 Å². The lowest BCUT2D eigenvalue weighted by atomic mass is 9.85. The number of allylic oxidation sites excluding steroid dienone is 1. The predicted octanol–water partition coefficient (Wildman–Crippen LogP) is 2.15. The maximum atomic E-state index is 11.4. The summed E-state index contributed by atoms with van der Waals surface area (Å²) in [6, 6.07) is 0.291. The van der Waals surface area contributed by atoms with Gasteiger partial charge in [-0.1, -0.05) is 20.3 Å². The molecule has 14 heavy (non-hydrogen) atoms. The lowest BCUT2D eigenvalue weighted by Gasteiger charge is -2.34. The highest BCUT2D eigenvalue weighted by molar-refractivity contribution is 5.78. The molecular formula is C11H18N2O. The lowest BCUT2D eigenvalue weighted by Crippen LogP contribution is -2.50. The van der Waals surface area contributed by atoms with Crippen molar-refractivity contribution in [3.8, 4) is 0 Å². The summed E-state index contributed by atoms with van der Waals surface area (Å²) in [6.07, 6.45) is 4.75. The predicted molar refractivity (Wildman–Crippen MR) is 55.8 cm³/mol. The summed E-state index contributed by atoms with van der Waals surface area (Å²) >= 11 is 0. The Balaban J connectivity index is 2.30. The fraction of sp³-hybridized carbons (Fsp3) is 0.727. The fourth-order valence-corrected chi connectivity index (χ4v) is 2.41. The highest BCUT2D eigenvalue weighted by Gasteiger charge is 2.29. The minimum atomic E-state index is -0.0237. The van der Waals surface area contributed by atoms with E-state index in [2.05, 4.69) is 24.5 Å². The summed E-state index contributed by atoms with van der Waals surface area (Å²) in [5.74, 6) is 0.427. The number of urea groups is 1. The van der Waals surface area contributed by atoms with E-state index in [0.29, 0.717) is 12.0 Å². The zero-order chi connectivity index (χ0) is 10.1. The molecule has 0 aromatic carbocycles. The topological polar surface area (TPSA) is 41.1 Å². The summed E-state index contributed by atoms with van der Waals surface area (Å²) in [4.78, 5) is 11.4. The number of hydrogen-bond donors (Lipinski definition) is 2. The van der Waals surface area contributed by atoms with Gasteiger partial charge in [-0.3, -0.25) is 0 Å². The second kappa shape index (κ2) is 3.64. The minimum absolute atomic E-state index is 0.0237. The molecule has 0 spiro atoms. The van der Waals surface area contributed by atoms with Gasteiger partial charge in [-0.25, -0.2) is 4.79 Å². The maximum Gasteiger partial charge on any atom is 0.319 e. The average molecular weight is 194 g/mol. The second-order valence-corrected chi connectivity index (χ2v) is 4.49. The molecule has 0 aromatic rings. The van der Waals surface area contributed by atoms with Gasteiger partial charge in [0.25, 0.3) is 0 Å². The third kappa shape index (κ3) is 1.63. The monoisotopic (exact) mass is 194 g/mol.